The van der Waals surface area contributed by atoms with Gasteiger partial charge in [-0.05, 0) is 146 Å². The van der Waals surface area contributed by atoms with E-state index in [0.717, 1.165) is 16.7 Å². The number of esters is 2. The average molecular weight is 1260 g/mol. The zero-order valence-electron chi connectivity index (χ0n) is 52.5. The largest absolute Gasteiger partial charge is 0.497 e. The highest BCUT2D eigenvalue weighted by Gasteiger charge is 2.45. The maximum Gasteiger partial charge on any atom is 0.475 e. The number of nitrogens with one attached hydrogen (secondary N) is 1. The number of aromatic amines is 1. The Bertz CT molecular complexity index is 3430. The summed E-state index contributed by atoms with van der Waals surface area (Å²) in [5, 5.41) is 9.54. The molecule has 0 amide bonds. The predicted molar refractivity (Wildman–Crippen MR) is 336 cm³/mol. The number of H-pyrrole nitrogens is 1. The van der Waals surface area contributed by atoms with Crippen LogP contribution in [0.1, 0.15) is 128 Å². The topological polar surface area (TPSA) is 235 Å². The molecule has 1 aromatic heterocycles. The summed E-state index contributed by atoms with van der Waals surface area (Å²) in [6.45, 7) is 17.9. The number of nitriles is 1. The predicted octanol–water partition coefficient (Wildman–Crippen LogP) is 12.7. The van der Waals surface area contributed by atoms with Gasteiger partial charge < -0.3 is 37.5 Å². The van der Waals surface area contributed by atoms with E-state index in [2.05, 4.69) is 27.6 Å². The van der Waals surface area contributed by atoms with Gasteiger partial charge in [-0.2, -0.15) is 5.26 Å². The molecular formula is C67H80N4O16P2. The summed E-state index contributed by atoms with van der Waals surface area (Å²) in [5.74, 6) is 6.84. The van der Waals surface area contributed by atoms with Gasteiger partial charge in [0.05, 0.1) is 76.7 Å². The van der Waals surface area contributed by atoms with Crippen LogP contribution in [0.5, 0.6) is 23.0 Å². The van der Waals surface area contributed by atoms with Gasteiger partial charge in [0.2, 0.25) is 0 Å². The Morgan fingerprint density at radius 2 is 1.19 bits per heavy atom. The number of rotatable bonds is 28. The van der Waals surface area contributed by atoms with Crippen molar-refractivity contribution in [3.63, 3.8) is 0 Å². The monoisotopic (exact) mass is 1260 g/mol. The van der Waals surface area contributed by atoms with E-state index in [-0.39, 0.29) is 69.9 Å². The van der Waals surface area contributed by atoms with E-state index in [9.17, 15) is 29.0 Å². The minimum absolute atomic E-state index is 0.0403. The van der Waals surface area contributed by atoms with Crippen LogP contribution in [-0.2, 0) is 65.1 Å². The Morgan fingerprint density at radius 3 is 1.66 bits per heavy atom. The molecule has 7 rings (SSSR count). The molecule has 474 valence electrons. The Kier molecular flexibility index (Phi) is 24.4. The van der Waals surface area contributed by atoms with Gasteiger partial charge >= 0.3 is 25.5 Å². The molecule has 1 aliphatic rings. The van der Waals surface area contributed by atoms with Gasteiger partial charge in [-0.25, -0.2) is 14.0 Å². The molecule has 1 aliphatic heterocycles. The lowest BCUT2D eigenvalue weighted by atomic mass is 9.80. The van der Waals surface area contributed by atoms with Crippen molar-refractivity contribution in [1.29, 1.82) is 5.26 Å². The molecule has 22 heteroatoms. The van der Waals surface area contributed by atoms with Crippen molar-refractivity contribution in [3.05, 3.63) is 188 Å². The minimum Gasteiger partial charge on any atom is -0.497 e. The Hall–Kier alpha value is -7.29. The van der Waals surface area contributed by atoms with Crippen molar-refractivity contribution in [3.8, 4) is 40.9 Å². The number of aromatic nitrogens is 2. The maximum absolute atomic E-state index is 14.4. The number of hydrogen-bond donors (Lipinski definition) is 1. The first kappa shape index (κ1) is 69.2. The minimum atomic E-state index is -4.36. The SMILES string of the molecule is COc1ccc(C(OCC2OC(n3cc(C#CCCOP(=O)(OCc4ccc(OC(=O)C(C)(C)C)cc4)OCc4ccc(OC(=O)C(C)(C)C)cc4)c(=O)[nH]c3=O)CC2OP(OCCC#N)N(C(C)C)C(C)C)(c2ccccc2)c2ccc(OC)cc2)cc1. The summed E-state index contributed by atoms with van der Waals surface area (Å²) in [6, 6.07) is 40.0. The number of benzene rings is 5. The van der Waals surface area contributed by atoms with Crippen molar-refractivity contribution < 1.29 is 65.2 Å². The third-order valence-corrected chi connectivity index (χ3v) is 17.5. The van der Waals surface area contributed by atoms with Crippen LogP contribution >= 0.6 is 16.3 Å². The molecule has 4 atom stereocenters. The molecule has 0 saturated carbocycles. The highest BCUT2D eigenvalue weighted by Crippen LogP contribution is 2.52. The van der Waals surface area contributed by atoms with Crippen LogP contribution in [0.25, 0.3) is 0 Å². The molecule has 5 aromatic carbocycles. The average Bonchev–Trinajstić information content (AvgIpc) is 1.37. The van der Waals surface area contributed by atoms with Crippen molar-refractivity contribution >= 4 is 28.3 Å². The standard InChI is InChI=1S/C67H80N4O16P2/c1-46(2)71(47(3)4)88(80-39-18-38-68)87-58-41-60(86-59(58)45-79-67(51-20-14-13-15-21-51,52-26-34-54(77-11)35-27-52)53-28-36-55(78-12)37-29-53)70-42-50(61(72)69-64(70)75)19-16-17-40-81-89(76,82-43-48-22-30-56(31-23-48)84-62(73)65(5,6)7)83-44-49-24-32-57(33-25-49)85-63(74)66(8,9)10/h13-15,20-37,42,46-47,58-60H,17-18,39-41,43-45H2,1-12H3,(H,69,72,75). The summed E-state index contributed by atoms with van der Waals surface area (Å²) in [6.07, 6.45) is -1.21. The van der Waals surface area contributed by atoms with Gasteiger partial charge in [0, 0.05) is 31.1 Å². The van der Waals surface area contributed by atoms with Crippen molar-refractivity contribution in [2.24, 2.45) is 10.8 Å². The first-order valence-corrected chi connectivity index (χ1v) is 31.8. The fourth-order valence-electron chi connectivity index (χ4n) is 9.22. The zero-order valence-corrected chi connectivity index (χ0v) is 54.3. The van der Waals surface area contributed by atoms with E-state index < -0.39 is 74.4 Å². The third-order valence-electron chi connectivity index (χ3n) is 14.0. The highest BCUT2D eigenvalue weighted by molar-refractivity contribution is 7.48. The number of carbonyl (C=O) groups is 2. The maximum atomic E-state index is 14.4. The van der Waals surface area contributed by atoms with Crippen LogP contribution < -0.4 is 30.2 Å². The van der Waals surface area contributed by atoms with E-state index in [1.165, 1.54) is 10.8 Å². The summed E-state index contributed by atoms with van der Waals surface area (Å²) < 4.78 is 85.0. The van der Waals surface area contributed by atoms with Crippen LogP contribution in [0.2, 0.25) is 0 Å². The lowest BCUT2D eigenvalue weighted by Gasteiger charge is -2.39. The lowest BCUT2D eigenvalue weighted by Crippen LogP contribution is -2.39. The van der Waals surface area contributed by atoms with Crippen LogP contribution in [0, 0.1) is 34.0 Å². The first-order valence-electron chi connectivity index (χ1n) is 29.3. The van der Waals surface area contributed by atoms with E-state index in [1.807, 2.05) is 107 Å². The van der Waals surface area contributed by atoms with Gasteiger partial charge in [0.25, 0.3) is 14.1 Å². The molecule has 4 unspecified atom stereocenters. The van der Waals surface area contributed by atoms with Crippen LogP contribution in [0.15, 0.2) is 143 Å². The highest BCUT2D eigenvalue weighted by atomic mass is 31.2. The van der Waals surface area contributed by atoms with Crippen molar-refractivity contribution in [2.75, 3.05) is 34.0 Å². The first-order chi connectivity index (χ1) is 42.4. The molecule has 2 heterocycles. The number of phosphoric ester groups is 1. The molecule has 0 spiro atoms. The fourth-order valence-corrected chi connectivity index (χ4v) is 12.1. The van der Waals surface area contributed by atoms with Gasteiger partial charge in [-0.3, -0.25) is 37.5 Å². The van der Waals surface area contributed by atoms with E-state index in [0.29, 0.717) is 34.1 Å². The number of phosphoric acid groups is 1. The van der Waals surface area contributed by atoms with Gasteiger partial charge in [-0.1, -0.05) is 90.7 Å². The zero-order chi connectivity index (χ0) is 64.5. The molecular weight excluding hydrogens is 1180 g/mol. The van der Waals surface area contributed by atoms with Gasteiger partial charge in [0.1, 0.15) is 46.5 Å². The van der Waals surface area contributed by atoms with E-state index >= 15 is 0 Å². The van der Waals surface area contributed by atoms with Crippen LogP contribution in [-0.4, -0.2) is 84.5 Å². The molecule has 0 bridgehead atoms. The summed E-state index contributed by atoms with van der Waals surface area (Å²) >= 11 is 0. The molecule has 6 aromatic rings. The number of hydrogen-bond acceptors (Lipinski definition) is 18. The summed E-state index contributed by atoms with van der Waals surface area (Å²) in [7, 11) is -3.00. The molecule has 1 saturated heterocycles. The second kappa shape index (κ2) is 31.4. The van der Waals surface area contributed by atoms with Crippen LogP contribution in [0.3, 0.4) is 0 Å². The third kappa shape index (κ3) is 18.9. The molecule has 1 fully saturated rings. The molecule has 0 radical (unpaired) electrons. The number of methoxy groups -OCH3 is 2. The molecule has 1 N–H and O–H groups in total. The number of ether oxygens (including phenoxy) is 6. The summed E-state index contributed by atoms with van der Waals surface area (Å²) in [5.41, 5.74) is -0.827. The molecule has 0 aliphatic carbocycles. The number of carbonyl (C=O) groups excluding carboxylic acids is 2. The normalized spacial score (nSPS) is 15.7. The van der Waals surface area contributed by atoms with Gasteiger partial charge in [-0.15, -0.1) is 0 Å². The van der Waals surface area contributed by atoms with E-state index in [1.54, 1.807) is 104 Å². The Balaban J connectivity index is 1.16. The second-order valence-corrected chi connectivity index (χ2v) is 26.6. The quantitative estimate of drug-likeness (QED) is 0.0120. The van der Waals surface area contributed by atoms with Crippen molar-refractivity contribution in [2.45, 2.75) is 138 Å². The summed E-state index contributed by atoms with van der Waals surface area (Å²) in [4.78, 5) is 54.9. The van der Waals surface area contributed by atoms with E-state index in [4.69, 9.17) is 51.0 Å². The molecule has 89 heavy (non-hydrogen) atoms. The molecule has 20 nitrogen and oxygen atoms in total. The van der Waals surface area contributed by atoms with Gasteiger partial charge in [0.15, 0.2) is 0 Å². The number of nitrogens with zero attached hydrogens (tertiary/aromatic N) is 3. The van der Waals surface area contributed by atoms with Crippen molar-refractivity contribution in [1.82, 2.24) is 14.2 Å². The Morgan fingerprint density at radius 1 is 0.697 bits per heavy atom. The van der Waals surface area contributed by atoms with Crippen LogP contribution in [0.4, 0.5) is 0 Å². The fraction of sp³-hybridized carbons (Fsp3) is 0.418. The second-order valence-electron chi connectivity index (χ2n) is 23.5. The Labute approximate surface area is 522 Å². The smallest absolute Gasteiger partial charge is 0.475 e. The lowest BCUT2D eigenvalue weighted by molar-refractivity contribution is -0.143.